The third kappa shape index (κ3) is 4.41. The molecule has 0 fully saturated rings. The van der Waals surface area contributed by atoms with Gasteiger partial charge in [0.15, 0.2) is 6.10 Å². The minimum absolute atomic E-state index is 0.170. The highest BCUT2D eigenvalue weighted by Gasteiger charge is 2.22. The summed E-state index contributed by atoms with van der Waals surface area (Å²) < 4.78 is 5.15. The first-order chi connectivity index (χ1) is 11.9. The molecule has 25 heavy (non-hydrogen) atoms. The summed E-state index contributed by atoms with van der Waals surface area (Å²) in [5, 5.41) is 15.8. The number of amides is 1. The van der Waals surface area contributed by atoms with E-state index < -0.39 is 12.1 Å². The Balaban J connectivity index is 2.06. The van der Waals surface area contributed by atoms with Crippen LogP contribution in [0.15, 0.2) is 29.1 Å². The van der Waals surface area contributed by atoms with Crippen molar-refractivity contribution in [2.45, 2.75) is 25.9 Å². The van der Waals surface area contributed by atoms with Gasteiger partial charge in [0.25, 0.3) is 11.5 Å². The van der Waals surface area contributed by atoms with E-state index in [9.17, 15) is 14.4 Å². The monoisotopic (exact) mass is 342 g/mol. The molecule has 1 aromatic heterocycles. The van der Waals surface area contributed by atoms with E-state index in [-0.39, 0.29) is 30.9 Å². The largest absolute Gasteiger partial charge is 0.452 e. The molecule has 0 aliphatic carbocycles. The third-order valence-electron chi connectivity index (χ3n) is 3.68. The Labute approximate surface area is 144 Å². The van der Waals surface area contributed by atoms with Gasteiger partial charge in [-0.2, -0.15) is 10.4 Å². The van der Waals surface area contributed by atoms with Crippen molar-refractivity contribution < 1.29 is 14.3 Å². The number of rotatable bonds is 6. The van der Waals surface area contributed by atoms with E-state index in [1.807, 2.05) is 6.07 Å². The van der Waals surface area contributed by atoms with Crippen molar-refractivity contribution in [1.82, 2.24) is 15.1 Å². The molecule has 130 valence electrons. The zero-order valence-electron chi connectivity index (χ0n) is 14.0. The number of ether oxygens (including phenoxy) is 1. The van der Waals surface area contributed by atoms with Gasteiger partial charge >= 0.3 is 5.97 Å². The second-order valence-electron chi connectivity index (χ2n) is 5.52. The number of hydrogen-bond acceptors (Lipinski definition) is 6. The molecule has 2 aromatic rings. The van der Waals surface area contributed by atoms with Crippen molar-refractivity contribution in [1.29, 1.82) is 5.26 Å². The van der Waals surface area contributed by atoms with E-state index in [0.29, 0.717) is 16.5 Å². The van der Waals surface area contributed by atoms with Crippen LogP contribution in [0.2, 0.25) is 0 Å². The summed E-state index contributed by atoms with van der Waals surface area (Å²) in [5.74, 6) is -1.01. The molecule has 1 atom stereocenters. The van der Waals surface area contributed by atoms with Crippen molar-refractivity contribution in [3.8, 4) is 6.07 Å². The predicted octanol–water partition coefficient (Wildman–Crippen LogP) is 0.769. The molecule has 0 bridgehead atoms. The molecule has 0 saturated heterocycles. The molecule has 1 N–H and O–H groups in total. The third-order valence-corrected chi connectivity index (χ3v) is 3.68. The van der Waals surface area contributed by atoms with Crippen LogP contribution in [0.4, 0.5) is 0 Å². The number of carbonyl (C=O) groups excluding carboxylic acids is 2. The summed E-state index contributed by atoms with van der Waals surface area (Å²) in [4.78, 5) is 37.3. The molecule has 1 heterocycles. The van der Waals surface area contributed by atoms with Crippen LogP contribution in [-0.2, 0) is 20.7 Å². The quantitative estimate of drug-likeness (QED) is 0.775. The van der Waals surface area contributed by atoms with Gasteiger partial charge in [-0.15, -0.1) is 0 Å². The molecule has 0 spiro atoms. The topological polar surface area (TPSA) is 116 Å². The SMILES string of the molecule is C[C@H](OC(=O)Cc1n[nH]c(=O)c2ccccc12)C(=O)N(C)CCC#N. The number of H-pyrrole nitrogens is 1. The zero-order valence-corrected chi connectivity index (χ0v) is 14.0. The second-order valence-corrected chi connectivity index (χ2v) is 5.52. The maximum atomic E-state index is 12.1. The summed E-state index contributed by atoms with van der Waals surface area (Å²) in [6, 6.07) is 8.75. The van der Waals surface area contributed by atoms with Crippen molar-refractivity contribution in [3.05, 3.63) is 40.3 Å². The number of aromatic amines is 1. The molecule has 0 aliphatic heterocycles. The minimum atomic E-state index is -0.967. The van der Waals surface area contributed by atoms with Crippen LogP contribution in [0.1, 0.15) is 19.0 Å². The van der Waals surface area contributed by atoms with E-state index in [2.05, 4.69) is 10.2 Å². The van der Waals surface area contributed by atoms with Crippen LogP contribution in [0.5, 0.6) is 0 Å². The number of benzene rings is 1. The van der Waals surface area contributed by atoms with Gasteiger partial charge in [0.05, 0.1) is 30.0 Å². The molecule has 2 rings (SSSR count). The Bertz CT molecular complexity index is 884. The maximum Gasteiger partial charge on any atom is 0.312 e. The van der Waals surface area contributed by atoms with E-state index in [1.165, 1.54) is 11.8 Å². The fourth-order valence-corrected chi connectivity index (χ4v) is 2.37. The highest BCUT2D eigenvalue weighted by molar-refractivity contribution is 5.88. The molecule has 0 saturated carbocycles. The van der Waals surface area contributed by atoms with Crippen molar-refractivity contribution >= 4 is 22.6 Å². The Kier molecular flexibility index (Phi) is 5.84. The number of nitriles is 1. The Morgan fingerprint density at radius 3 is 2.72 bits per heavy atom. The van der Waals surface area contributed by atoms with Crippen molar-refractivity contribution in [3.63, 3.8) is 0 Å². The first-order valence-electron chi connectivity index (χ1n) is 7.71. The normalized spacial score (nSPS) is 11.6. The van der Waals surface area contributed by atoms with Crippen LogP contribution in [0, 0.1) is 11.3 Å². The average Bonchev–Trinajstić information content (AvgIpc) is 2.61. The number of carbonyl (C=O) groups is 2. The summed E-state index contributed by atoms with van der Waals surface area (Å²) in [6.07, 6.45) is -0.933. The summed E-state index contributed by atoms with van der Waals surface area (Å²) in [5.41, 5.74) is 0.0352. The van der Waals surface area contributed by atoms with Crippen LogP contribution in [0.25, 0.3) is 10.8 Å². The number of likely N-dealkylation sites (N-methyl/N-ethyl adjacent to an activating group) is 1. The van der Waals surface area contributed by atoms with Crippen molar-refractivity contribution in [2.75, 3.05) is 13.6 Å². The molecule has 8 heteroatoms. The summed E-state index contributed by atoms with van der Waals surface area (Å²) >= 11 is 0. The lowest BCUT2D eigenvalue weighted by Gasteiger charge is -2.20. The van der Waals surface area contributed by atoms with Crippen LogP contribution in [-0.4, -0.2) is 46.7 Å². The Hall–Kier alpha value is -3.21. The van der Waals surface area contributed by atoms with Gasteiger partial charge in [-0.1, -0.05) is 18.2 Å². The van der Waals surface area contributed by atoms with Gasteiger partial charge in [-0.3, -0.25) is 14.4 Å². The molecule has 0 radical (unpaired) electrons. The van der Waals surface area contributed by atoms with Gasteiger partial charge in [0, 0.05) is 19.0 Å². The molecule has 1 amide bonds. The summed E-state index contributed by atoms with van der Waals surface area (Å²) in [7, 11) is 1.54. The van der Waals surface area contributed by atoms with Gasteiger partial charge < -0.3 is 9.64 Å². The lowest BCUT2D eigenvalue weighted by Crippen LogP contribution is -2.38. The highest BCUT2D eigenvalue weighted by Crippen LogP contribution is 2.13. The summed E-state index contributed by atoms with van der Waals surface area (Å²) in [6.45, 7) is 1.74. The van der Waals surface area contributed by atoms with E-state index in [0.717, 1.165) is 0 Å². The predicted molar refractivity (Wildman–Crippen MR) is 89.5 cm³/mol. The van der Waals surface area contributed by atoms with Crippen molar-refractivity contribution in [2.24, 2.45) is 0 Å². The van der Waals surface area contributed by atoms with Gasteiger partial charge in [0.1, 0.15) is 0 Å². The number of fused-ring (bicyclic) bond motifs is 1. The molecule has 1 aromatic carbocycles. The molecule has 0 unspecified atom stereocenters. The lowest BCUT2D eigenvalue weighted by molar-refractivity contribution is -0.157. The molecule has 0 aliphatic rings. The van der Waals surface area contributed by atoms with Crippen LogP contribution >= 0.6 is 0 Å². The Morgan fingerprint density at radius 1 is 1.36 bits per heavy atom. The molecular formula is C17H18N4O4. The lowest BCUT2D eigenvalue weighted by atomic mass is 10.1. The second kappa shape index (κ2) is 8.06. The Morgan fingerprint density at radius 2 is 2.04 bits per heavy atom. The minimum Gasteiger partial charge on any atom is -0.452 e. The number of nitrogens with zero attached hydrogens (tertiary/aromatic N) is 3. The molecular weight excluding hydrogens is 324 g/mol. The number of hydrogen-bond donors (Lipinski definition) is 1. The van der Waals surface area contributed by atoms with Gasteiger partial charge in [-0.05, 0) is 13.0 Å². The fraction of sp³-hybridized carbons (Fsp3) is 0.353. The van der Waals surface area contributed by atoms with Gasteiger partial charge in [0.2, 0.25) is 0 Å². The standard InChI is InChI=1S/C17H18N4O4/c1-11(17(24)21(2)9-5-8-18)25-15(22)10-14-12-6-3-4-7-13(12)16(23)20-19-14/h3-4,6-7,11H,5,9-10H2,1-2H3,(H,20,23)/t11-/m0/s1. The van der Waals surface area contributed by atoms with Crippen LogP contribution < -0.4 is 5.56 Å². The van der Waals surface area contributed by atoms with E-state index in [4.69, 9.17) is 10.00 Å². The highest BCUT2D eigenvalue weighted by atomic mass is 16.5. The van der Waals surface area contributed by atoms with Gasteiger partial charge in [-0.25, -0.2) is 5.10 Å². The number of nitrogens with one attached hydrogen (secondary N) is 1. The van der Waals surface area contributed by atoms with E-state index in [1.54, 1.807) is 31.3 Å². The first-order valence-corrected chi connectivity index (χ1v) is 7.71. The number of aromatic nitrogens is 2. The average molecular weight is 342 g/mol. The number of esters is 1. The molecule has 8 nitrogen and oxygen atoms in total. The smallest absolute Gasteiger partial charge is 0.312 e. The zero-order chi connectivity index (χ0) is 18.4. The van der Waals surface area contributed by atoms with Crippen LogP contribution in [0.3, 0.4) is 0 Å². The first kappa shape index (κ1) is 18.1. The maximum absolute atomic E-state index is 12.1. The fourth-order valence-electron chi connectivity index (χ4n) is 2.37. The van der Waals surface area contributed by atoms with E-state index >= 15 is 0 Å².